The van der Waals surface area contributed by atoms with E-state index >= 15 is 0 Å². The molecule has 23 heavy (non-hydrogen) atoms. The molecule has 8 nitrogen and oxygen atoms in total. The van der Waals surface area contributed by atoms with Crippen molar-refractivity contribution in [3.63, 3.8) is 0 Å². The number of hydrogen-bond donors (Lipinski definition) is 2. The standard InChI is InChI=1S/C15H18N6O2/c1-20(15(22)23)10-6-21(7-10)13-12-11(18-14(16)19-13)4-9(5-17-12)8-2-3-8/h4-5,8,10H,2-3,6-7H2,1H3,(H,22,23)(H2,16,18,19). The van der Waals surface area contributed by atoms with E-state index in [1.807, 2.05) is 17.2 Å². The fourth-order valence-electron chi connectivity index (χ4n) is 2.93. The first-order valence-corrected chi connectivity index (χ1v) is 7.67. The quantitative estimate of drug-likeness (QED) is 0.878. The fourth-order valence-corrected chi connectivity index (χ4v) is 2.93. The van der Waals surface area contributed by atoms with Gasteiger partial charge in [-0.25, -0.2) is 9.78 Å². The molecule has 0 radical (unpaired) electrons. The number of aromatic nitrogens is 3. The lowest BCUT2D eigenvalue weighted by Crippen LogP contribution is -2.60. The lowest BCUT2D eigenvalue weighted by molar-refractivity contribution is 0.130. The third-order valence-electron chi connectivity index (χ3n) is 4.62. The molecule has 0 spiro atoms. The largest absolute Gasteiger partial charge is 0.465 e. The SMILES string of the molecule is CN(C(=O)O)C1CN(c2nc(N)nc3cc(C4CC4)cnc23)C1. The predicted octanol–water partition coefficient (Wildman–Crippen LogP) is 1.28. The van der Waals surface area contributed by atoms with Crippen LogP contribution in [-0.2, 0) is 0 Å². The maximum Gasteiger partial charge on any atom is 0.407 e. The molecule has 0 unspecified atom stereocenters. The molecule has 2 aromatic heterocycles. The van der Waals surface area contributed by atoms with Gasteiger partial charge in [-0.2, -0.15) is 4.98 Å². The van der Waals surface area contributed by atoms with Crippen LogP contribution in [0.25, 0.3) is 11.0 Å². The van der Waals surface area contributed by atoms with Gasteiger partial charge >= 0.3 is 6.09 Å². The van der Waals surface area contributed by atoms with E-state index in [2.05, 4.69) is 15.0 Å². The van der Waals surface area contributed by atoms with Gasteiger partial charge in [0.05, 0.1) is 11.6 Å². The van der Waals surface area contributed by atoms with Gasteiger partial charge in [0.1, 0.15) is 5.52 Å². The van der Waals surface area contributed by atoms with Gasteiger partial charge in [-0.1, -0.05) is 0 Å². The van der Waals surface area contributed by atoms with Gasteiger partial charge in [-0.15, -0.1) is 0 Å². The molecule has 4 rings (SSSR count). The molecular formula is C15H18N6O2. The van der Waals surface area contributed by atoms with Gasteiger partial charge in [0.15, 0.2) is 5.82 Å². The van der Waals surface area contributed by atoms with Gasteiger partial charge in [-0.05, 0) is 30.4 Å². The van der Waals surface area contributed by atoms with Crippen LogP contribution in [0.4, 0.5) is 16.6 Å². The minimum absolute atomic E-state index is 0.0375. The molecule has 8 heteroatoms. The maximum atomic E-state index is 11.0. The Balaban J connectivity index is 1.64. The van der Waals surface area contributed by atoms with E-state index in [-0.39, 0.29) is 12.0 Å². The number of carbonyl (C=O) groups is 1. The Morgan fingerprint density at radius 2 is 2.13 bits per heavy atom. The van der Waals surface area contributed by atoms with Crippen LogP contribution in [0.15, 0.2) is 12.3 Å². The second-order valence-electron chi connectivity index (χ2n) is 6.27. The Kier molecular flexibility index (Phi) is 3.00. The van der Waals surface area contributed by atoms with E-state index in [4.69, 9.17) is 10.8 Å². The van der Waals surface area contributed by atoms with Crippen LogP contribution in [0.3, 0.4) is 0 Å². The first kappa shape index (κ1) is 14.0. The van der Waals surface area contributed by atoms with E-state index in [1.54, 1.807) is 7.05 Å². The van der Waals surface area contributed by atoms with Gasteiger partial charge in [0, 0.05) is 26.3 Å². The van der Waals surface area contributed by atoms with Crippen molar-refractivity contribution in [3.8, 4) is 0 Å². The van der Waals surface area contributed by atoms with Crippen molar-refractivity contribution in [3.05, 3.63) is 17.8 Å². The number of likely N-dealkylation sites (N-methyl/N-ethyl adjacent to an activating group) is 1. The summed E-state index contributed by atoms with van der Waals surface area (Å²) in [5.74, 6) is 1.51. The second-order valence-corrected chi connectivity index (χ2v) is 6.27. The number of nitrogens with two attached hydrogens (primary N) is 1. The number of rotatable bonds is 3. The van der Waals surface area contributed by atoms with Crippen molar-refractivity contribution >= 4 is 28.9 Å². The highest BCUT2D eigenvalue weighted by molar-refractivity contribution is 5.87. The number of nitrogens with zero attached hydrogens (tertiary/aromatic N) is 5. The summed E-state index contributed by atoms with van der Waals surface area (Å²) in [4.78, 5) is 27.5. The highest BCUT2D eigenvalue weighted by Crippen LogP contribution is 2.41. The van der Waals surface area contributed by atoms with Crippen LogP contribution in [0.2, 0.25) is 0 Å². The van der Waals surface area contributed by atoms with Crippen LogP contribution in [0.1, 0.15) is 24.3 Å². The zero-order chi connectivity index (χ0) is 16.1. The molecule has 2 aromatic rings. The normalized spacial score (nSPS) is 18.0. The summed E-state index contributed by atoms with van der Waals surface area (Å²) in [5, 5.41) is 9.03. The smallest absolute Gasteiger partial charge is 0.407 e. The summed E-state index contributed by atoms with van der Waals surface area (Å²) in [6.45, 7) is 1.17. The molecule has 0 bridgehead atoms. The first-order valence-electron chi connectivity index (χ1n) is 7.67. The second kappa shape index (κ2) is 4.94. The van der Waals surface area contributed by atoms with E-state index in [0.717, 1.165) is 11.0 Å². The molecule has 0 aromatic carbocycles. The fraction of sp³-hybridized carbons (Fsp3) is 0.467. The number of fused-ring (bicyclic) bond motifs is 1. The van der Waals surface area contributed by atoms with Crippen molar-refractivity contribution in [2.45, 2.75) is 24.8 Å². The average molecular weight is 314 g/mol. The Morgan fingerprint density at radius 1 is 1.39 bits per heavy atom. The first-order chi connectivity index (χ1) is 11.0. The Morgan fingerprint density at radius 3 is 2.78 bits per heavy atom. The van der Waals surface area contributed by atoms with Crippen molar-refractivity contribution in [2.24, 2.45) is 0 Å². The highest BCUT2D eigenvalue weighted by atomic mass is 16.4. The molecule has 3 heterocycles. The van der Waals surface area contributed by atoms with Crippen LogP contribution in [-0.4, -0.2) is 57.2 Å². The lowest BCUT2D eigenvalue weighted by atomic mass is 10.1. The zero-order valence-corrected chi connectivity index (χ0v) is 12.8. The maximum absolute atomic E-state index is 11.0. The third-order valence-corrected chi connectivity index (χ3v) is 4.62. The molecular weight excluding hydrogens is 296 g/mol. The van der Waals surface area contributed by atoms with E-state index in [9.17, 15) is 4.79 Å². The van der Waals surface area contributed by atoms with Crippen molar-refractivity contribution in [2.75, 3.05) is 30.8 Å². The number of hydrogen-bond acceptors (Lipinski definition) is 6. The average Bonchev–Trinajstić information content (AvgIpc) is 3.29. The monoisotopic (exact) mass is 314 g/mol. The number of nitrogen functional groups attached to an aromatic ring is 1. The summed E-state index contributed by atoms with van der Waals surface area (Å²) in [6.07, 6.45) is 3.38. The summed E-state index contributed by atoms with van der Waals surface area (Å²) >= 11 is 0. The Hall–Kier alpha value is -2.64. The van der Waals surface area contributed by atoms with Crippen LogP contribution < -0.4 is 10.6 Å². The zero-order valence-electron chi connectivity index (χ0n) is 12.8. The molecule has 1 amide bonds. The topological polar surface area (TPSA) is 108 Å². The third kappa shape index (κ3) is 2.39. The molecule has 2 aliphatic rings. The molecule has 1 aliphatic heterocycles. The minimum Gasteiger partial charge on any atom is -0.465 e. The summed E-state index contributed by atoms with van der Waals surface area (Å²) in [6, 6.07) is 2.01. The lowest BCUT2D eigenvalue weighted by Gasteiger charge is -2.43. The van der Waals surface area contributed by atoms with Crippen LogP contribution >= 0.6 is 0 Å². The van der Waals surface area contributed by atoms with E-state index < -0.39 is 6.09 Å². The van der Waals surface area contributed by atoms with Crippen molar-refractivity contribution in [1.82, 2.24) is 19.9 Å². The van der Waals surface area contributed by atoms with E-state index in [1.165, 1.54) is 23.3 Å². The van der Waals surface area contributed by atoms with Crippen LogP contribution in [0.5, 0.6) is 0 Å². The molecule has 1 saturated carbocycles. The number of amides is 1. The summed E-state index contributed by atoms with van der Waals surface area (Å²) in [5.41, 5.74) is 8.53. The predicted molar refractivity (Wildman–Crippen MR) is 85.5 cm³/mol. The molecule has 1 saturated heterocycles. The molecule has 0 atom stereocenters. The Bertz CT molecular complexity index is 785. The van der Waals surface area contributed by atoms with E-state index in [0.29, 0.717) is 24.8 Å². The van der Waals surface area contributed by atoms with Crippen molar-refractivity contribution < 1.29 is 9.90 Å². The van der Waals surface area contributed by atoms with Gasteiger partial charge in [0.2, 0.25) is 5.95 Å². The van der Waals surface area contributed by atoms with Gasteiger partial charge in [0.25, 0.3) is 0 Å². The van der Waals surface area contributed by atoms with Gasteiger partial charge in [-0.3, -0.25) is 4.98 Å². The summed E-state index contributed by atoms with van der Waals surface area (Å²) in [7, 11) is 1.58. The number of pyridine rings is 1. The highest BCUT2D eigenvalue weighted by Gasteiger charge is 2.35. The van der Waals surface area contributed by atoms with Gasteiger partial charge < -0.3 is 20.6 Å². The summed E-state index contributed by atoms with van der Waals surface area (Å²) < 4.78 is 0. The molecule has 2 fully saturated rings. The molecule has 3 N–H and O–H groups in total. The van der Waals surface area contributed by atoms with Crippen LogP contribution in [0, 0.1) is 0 Å². The number of carboxylic acid groups (broad SMARTS) is 1. The van der Waals surface area contributed by atoms with Crippen molar-refractivity contribution in [1.29, 1.82) is 0 Å². The minimum atomic E-state index is -0.922. The Labute approximate surface area is 132 Å². The molecule has 120 valence electrons. The molecule has 1 aliphatic carbocycles. The number of anilines is 2.